The van der Waals surface area contributed by atoms with E-state index in [-0.39, 0.29) is 29.5 Å². The van der Waals surface area contributed by atoms with E-state index in [1.54, 1.807) is 0 Å². The lowest BCUT2D eigenvalue weighted by Gasteiger charge is -2.39. The van der Waals surface area contributed by atoms with Crippen LogP contribution in [-0.2, 0) is 0 Å². The van der Waals surface area contributed by atoms with Gasteiger partial charge in [0, 0.05) is 58.1 Å². The molecule has 3 aromatic carbocycles. The van der Waals surface area contributed by atoms with E-state index in [1.807, 2.05) is 0 Å². The van der Waals surface area contributed by atoms with Crippen molar-refractivity contribution in [3.8, 4) is 5.75 Å². The molecule has 5 heteroatoms. The number of allylic oxidation sites excluding steroid dienone is 7. The minimum atomic E-state index is -0.350. The predicted octanol–water partition coefficient (Wildman–Crippen LogP) is 9.46. The Bertz CT molecular complexity index is 2220. The summed E-state index contributed by atoms with van der Waals surface area (Å²) in [5, 5.41) is 2.52. The molecule has 1 aromatic heterocycles. The zero-order valence-corrected chi connectivity index (χ0v) is 27.9. The third kappa shape index (κ3) is 4.51. The molecule has 0 N–H and O–H groups in total. The Morgan fingerprint density at radius 1 is 0.875 bits per heavy atom. The van der Waals surface area contributed by atoms with Crippen LogP contribution < -0.4 is 4.74 Å². The van der Waals surface area contributed by atoms with Gasteiger partial charge in [0.05, 0.1) is 11.0 Å². The van der Waals surface area contributed by atoms with Crippen LogP contribution in [0.3, 0.4) is 0 Å². The van der Waals surface area contributed by atoms with Gasteiger partial charge < -0.3 is 14.2 Å². The highest BCUT2D eigenvalue weighted by atomic mass is 16.5. The van der Waals surface area contributed by atoms with Crippen LogP contribution >= 0.6 is 0 Å². The maximum absolute atomic E-state index is 6.66. The van der Waals surface area contributed by atoms with Crippen LogP contribution in [0.1, 0.15) is 44.2 Å². The van der Waals surface area contributed by atoms with Crippen LogP contribution in [0.4, 0.5) is 0 Å². The van der Waals surface area contributed by atoms with E-state index in [0.717, 1.165) is 35.0 Å². The summed E-state index contributed by atoms with van der Waals surface area (Å²) in [5.74, 6) is 3.83. The Balaban J connectivity index is 1.12. The number of aliphatic imine (C=N–C) groups is 2. The van der Waals surface area contributed by atoms with Crippen LogP contribution in [0.2, 0.25) is 0 Å². The number of rotatable bonds is 4. The summed E-state index contributed by atoms with van der Waals surface area (Å²) in [6, 6.07) is 23.9. The van der Waals surface area contributed by atoms with Crippen LogP contribution in [0.25, 0.3) is 27.5 Å². The summed E-state index contributed by atoms with van der Waals surface area (Å²) in [5.41, 5.74) is 6.69. The van der Waals surface area contributed by atoms with Crippen molar-refractivity contribution in [1.82, 2.24) is 9.47 Å². The zero-order chi connectivity index (χ0) is 32.6. The Hall–Kier alpha value is -5.16. The number of para-hydroxylation sites is 1. The molecule has 5 aliphatic rings. The van der Waals surface area contributed by atoms with Crippen molar-refractivity contribution < 1.29 is 4.74 Å². The van der Waals surface area contributed by atoms with Crippen molar-refractivity contribution in [2.24, 2.45) is 27.7 Å². The molecule has 0 spiro atoms. The zero-order valence-electron chi connectivity index (χ0n) is 27.9. The topological polar surface area (TPSA) is 42.1 Å². The first kappa shape index (κ1) is 29.0. The number of ether oxygens (including phenoxy) is 1. The van der Waals surface area contributed by atoms with Crippen molar-refractivity contribution in [3.63, 3.8) is 0 Å². The van der Waals surface area contributed by atoms with E-state index in [4.69, 9.17) is 14.7 Å². The second-order valence-electron chi connectivity index (χ2n) is 14.2. The highest BCUT2D eigenvalue weighted by molar-refractivity contribution is 6.14. The number of nitrogens with zero attached hydrogens (tertiary/aromatic N) is 4. The lowest BCUT2D eigenvalue weighted by atomic mass is 9.82. The molecule has 0 saturated heterocycles. The number of hydrogen-bond acceptors (Lipinski definition) is 4. The van der Waals surface area contributed by atoms with Gasteiger partial charge in [0.1, 0.15) is 23.4 Å². The lowest BCUT2D eigenvalue weighted by Crippen LogP contribution is -2.46. The van der Waals surface area contributed by atoms with Crippen molar-refractivity contribution >= 4 is 39.2 Å². The second-order valence-corrected chi connectivity index (χ2v) is 14.2. The summed E-state index contributed by atoms with van der Waals surface area (Å²) in [7, 11) is 2.14. The lowest BCUT2D eigenvalue weighted by molar-refractivity contribution is 0.155. The van der Waals surface area contributed by atoms with Crippen LogP contribution in [0.15, 0.2) is 143 Å². The quantitative estimate of drug-likeness (QED) is 0.226. The normalized spacial score (nSPS) is 28.9. The van der Waals surface area contributed by atoms with Gasteiger partial charge >= 0.3 is 0 Å². The molecule has 238 valence electrons. The largest absolute Gasteiger partial charge is 0.482 e. The summed E-state index contributed by atoms with van der Waals surface area (Å²) < 4.78 is 9.08. The van der Waals surface area contributed by atoms with Gasteiger partial charge in [-0.05, 0) is 49.5 Å². The van der Waals surface area contributed by atoms with Crippen molar-refractivity contribution in [3.05, 3.63) is 144 Å². The van der Waals surface area contributed by atoms with E-state index >= 15 is 0 Å². The van der Waals surface area contributed by atoms with Gasteiger partial charge in [-0.25, -0.2) is 9.98 Å². The molecule has 48 heavy (non-hydrogen) atoms. The summed E-state index contributed by atoms with van der Waals surface area (Å²) in [6.07, 6.45) is 23.5. The van der Waals surface area contributed by atoms with Gasteiger partial charge in [0.15, 0.2) is 5.84 Å². The van der Waals surface area contributed by atoms with Crippen LogP contribution in [-0.4, -0.2) is 40.0 Å². The van der Waals surface area contributed by atoms with Crippen LogP contribution in [0, 0.1) is 17.8 Å². The van der Waals surface area contributed by atoms with Gasteiger partial charge in [-0.3, -0.25) is 0 Å². The molecule has 4 aromatic rings. The second kappa shape index (κ2) is 10.9. The Morgan fingerprint density at radius 2 is 1.71 bits per heavy atom. The molecule has 6 unspecified atom stereocenters. The molecule has 0 radical (unpaired) electrons. The molecule has 2 aliphatic heterocycles. The summed E-state index contributed by atoms with van der Waals surface area (Å²) in [4.78, 5) is 12.8. The summed E-state index contributed by atoms with van der Waals surface area (Å²) >= 11 is 0. The van der Waals surface area contributed by atoms with E-state index in [1.165, 1.54) is 33.1 Å². The highest BCUT2D eigenvalue weighted by Crippen LogP contribution is 2.50. The molecule has 3 heterocycles. The van der Waals surface area contributed by atoms with Gasteiger partial charge in [0.25, 0.3) is 0 Å². The number of fused-ring (bicyclic) bond motifs is 6. The minimum absolute atomic E-state index is 0.0942. The summed E-state index contributed by atoms with van der Waals surface area (Å²) in [6.45, 7) is 6.77. The molecule has 9 rings (SSSR count). The molecule has 0 fully saturated rings. The average Bonchev–Trinajstić information content (AvgIpc) is 3.58. The molecule has 0 saturated carbocycles. The number of hydrogen-bond donors (Lipinski definition) is 0. The van der Waals surface area contributed by atoms with Gasteiger partial charge in [-0.1, -0.05) is 111 Å². The molecule has 0 amide bonds. The van der Waals surface area contributed by atoms with Gasteiger partial charge in [-0.2, -0.15) is 0 Å². The monoisotopic (exact) mass is 628 g/mol. The Labute approximate surface area is 282 Å². The molecule has 5 nitrogen and oxygen atoms in total. The van der Waals surface area contributed by atoms with Crippen LogP contribution in [0.5, 0.6) is 5.75 Å². The van der Waals surface area contributed by atoms with Crippen molar-refractivity contribution in [1.29, 1.82) is 0 Å². The molecular weight excluding hydrogens is 589 g/mol. The fourth-order valence-corrected chi connectivity index (χ4v) is 8.30. The van der Waals surface area contributed by atoms with E-state index in [9.17, 15) is 0 Å². The van der Waals surface area contributed by atoms with E-state index < -0.39 is 0 Å². The number of amidine groups is 2. The Kier molecular flexibility index (Phi) is 6.62. The fraction of sp³-hybridized carbons (Fsp3) is 0.256. The van der Waals surface area contributed by atoms with Gasteiger partial charge in [0.2, 0.25) is 0 Å². The third-order valence-corrected chi connectivity index (χ3v) is 10.8. The maximum atomic E-state index is 6.66. The SMILES string of the molecule is CC1C=C(C2=NC(C3C=CC(n4c5ccccc5c5cc6c(cc54)OC4(C)C=CC=CC64)=CC3C)N(C)C(c3ccccc3)=N2)C=CC1. The molecular formula is C43H40N4O. The maximum Gasteiger partial charge on any atom is 0.158 e. The molecule has 3 aliphatic carbocycles. The van der Waals surface area contributed by atoms with Crippen molar-refractivity contribution in [2.45, 2.75) is 44.9 Å². The third-order valence-electron chi connectivity index (χ3n) is 10.8. The Morgan fingerprint density at radius 3 is 2.54 bits per heavy atom. The van der Waals surface area contributed by atoms with Crippen molar-refractivity contribution in [2.75, 3.05) is 7.05 Å². The smallest absolute Gasteiger partial charge is 0.158 e. The molecule has 0 bridgehead atoms. The predicted molar refractivity (Wildman–Crippen MR) is 199 cm³/mol. The average molecular weight is 629 g/mol. The first-order valence-corrected chi connectivity index (χ1v) is 17.2. The molecule has 6 atom stereocenters. The highest BCUT2D eigenvalue weighted by Gasteiger charge is 2.43. The fourth-order valence-electron chi connectivity index (χ4n) is 8.30. The first-order valence-electron chi connectivity index (χ1n) is 17.2. The minimum Gasteiger partial charge on any atom is -0.482 e. The standard InChI is InChI=1S/C43H40N4O/c1-27-13-12-16-30(23-27)40-44-41(29-14-6-5-7-15-29)46(4)42(45-40)32-21-20-31(24-28(32)2)47-37-19-9-8-17-33(37)34-25-35-36-18-10-11-22-43(36,3)48-39(35)26-38(34)47/h5-12,14-28,32,36,42H,13H2,1-4H3. The first-order chi connectivity index (χ1) is 23.4. The number of benzene rings is 3. The van der Waals surface area contributed by atoms with Gasteiger partial charge in [-0.15, -0.1) is 0 Å². The van der Waals surface area contributed by atoms with E-state index in [2.05, 4.69) is 165 Å². The number of aromatic nitrogens is 1. The van der Waals surface area contributed by atoms with E-state index in [0.29, 0.717) is 5.92 Å².